The van der Waals surface area contributed by atoms with Gasteiger partial charge in [-0.05, 0) is 5.56 Å². The Morgan fingerprint density at radius 1 is 1.39 bits per heavy atom. The molecule has 92 valence electrons. The summed E-state index contributed by atoms with van der Waals surface area (Å²) in [5, 5.41) is 27.7. The van der Waals surface area contributed by atoms with Crippen molar-refractivity contribution in [3.63, 3.8) is 0 Å². The van der Waals surface area contributed by atoms with Crippen molar-refractivity contribution in [2.24, 2.45) is 0 Å². The number of rotatable bonds is 3. The van der Waals surface area contributed by atoms with Gasteiger partial charge in [0.05, 0.1) is 10.7 Å². The molecule has 18 heavy (non-hydrogen) atoms. The van der Waals surface area contributed by atoms with E-state index in [2.05, 4.69) is 10.3 Å². The molecule has 2 aromatic rings. The molecule has 0 atom stereocenters. The summed E-state index contributed by atoms with van der Waals surface area (Å²) in [5.41, 5.74) is 1.07. The quantitative estimate of drug-likeness (QED) is 0.644. The van der Waals surface area contributed by atoms with Gasteiger partial charge >= 0.3 is 5.97 Å². The lowest BCUT2D eigenvalue weighted by Crippen LogP contribution is -2.41. The molecule has 1 aromatic carbocycles. The van der Waals surface area contributed by atoms with Crippen molar-refractivity contribution >= 4 is 5.97 Å². The van der Waals surface area contributed by atoms with E-state index >= 15 is 0 Å². The molecule has 0 aliphatic heterocycles. The van der Waals surface area contributed by atoms with Gasteiger partial charge < -0.3 is 10.3 Å². The minimum atomic E-state index is -1.31. The topological polar surface area (TPSA) is 90.0 Å². The molecular weight excluding hydrogens is 234 g/mol. The lowest BCUT2D eigenvalue weighted by atomic mass is 10.0. The van der Waals surface area contributed by atoms with Gasteiger partial charge in [-0.15, -0.1) is 4.85 Å². The highest BCUT2D eigenvalue weighted by atomic mass is 16.5. The summed E-state index contributed by atoms with van der Waals surface area (Å²) in [5.74, 6) is -1.31. The van der Waals surface area contributed by atoms with Crippen LogP contribution >= 0.6 is 0 Å². The summed E-state index contributed by atoms with van der Waals surface area (Å²) in [6.45, 7) is 1.83. The van der Waals surface area contributed by atoms with Crippen LogP contribution in [0.15, 0.2) is 30.3 Å². The highest BCUT2D eigenvalue weighted by molar-refractivity contribution is 5.92. The van der Waals surface area contributed by atoms with Gasteiger partial charge in [-0.25, -0.2) is 4.79 Å². The Bertz CT molecular complexity index is 585. The summed E-state index contributed by atoms with van der Waals surface area (Å²) in [6, 6.07) is 8.84. The summed E-state index contributed by atoms with van der Waals surface area (Å²) in [4.78, 5) is 11.2. The van der Waals surface area contributed by atoms with Crippen molar-refractivity contribution in [3.05, 3.63) is 46.9 Å². The molecular formula is C12H11N3O3. The molecule has 6 heteroatoms. The lowest BCUT2D eigenvalue weighted by molar-refractivity contribution is -0.677. The fourth-order valence-corrected chi connectivity index (χ4v) is 1.77. The normalized spacial score (nSPS) is 10.3. The van der Waals surface area contributed by atoms with E-state index in [1.54, 1.807) is 24.3 Å². The van der Waals surface area contributed by atoms with Gasteiger partial charge in [0, 0.05) is 6.42 Å². The van der Waals surface area contributed by atoms with Crippen LogP contribution < -0.4 is 4.85 Å². The van der Waals surface area contributed by atoms with Crippen molar-refractivity contribution in [2.45, 2.75) is 13.3 Å². The molecule has 0 saturated heterocycles. The van der Waals surface area contributed by atoms with Crippen LogP contribution in [-0.4, -0.2) is 21.4 Å². The molecule has 0 amide bonds. The molecule has 1 N–H and O–H groups in total. The molecule has 2 rings (SSSR count). The molecule has 0 saturated carbocycles. The van der Waals surface area contributed by atoms with Crippen molar-refractivity contribution in [2.75, 3.05) is 0 Å². The minimum Gasteiger partial charge on any atom is -0.690 e. The van der Waals surface area contributed by atoms with Crippen molar-refractivity contribution in [3.8, 4) is 11.1 Å². The summed E-state index contributed by atoms with van der Waals surface area (Å²) < 4.78 is 0. The first-order valence-corrected chi connectivity index (χ1v) is 5.43. The maximum absolute atomic E-state index is 11.5. The summed E-state index contributed by atoms with van der Waals surface area (Å²) >= 11 is 0. The number of hydrogen-bond donors (Lipinski definition) is 1. The third kappa shape index (κ3) is 2.00. The molecule has 0 aliphatic rings. The number of carbonyl (C=O) groups is 1. The van der Waals surface area contributed by atoms with Gasteiger partial charge in [0.15, 0.2) is 5.69 Å². The Hall–Kier alpha value is -2.50. The average Bonchev–Trinajstić information content (AvgIpc) is 2.39. The number of nitrogens with zero attached hydrogens (tertiary/aromatic N) is 3. The molecule has 1 heterocycles. The van der Waals surface area contributed by atoms with Gasteiger partial charge in [0.25, 0.3) is 5.69 Å². The maximum atomic E-state index is 11.5. The molecule has 0 unspecified atom stereocenters. The Kier molecular flexibility index (Phi) is 3.18. The summed E-state index contributed by atoms with van der Waals surface area (Å²) in [7, 11) is 0. The van der Waals surface area contributed by atoms with E-state index in [9.17, 15) is 10.0 Å². The second-order valence-electron chi connectivity index (χ2n) is 3.66. The number of aromatic nitrogens is 3. The Morgan fingerprint density at radius 3 is 2.61 bits per heavy atom. The summed E-state index contributed by atoms with van der Waals surface area (Å²) in [6.07, 6.45) is 0.498. The van der Waals surface area contributed by atoms with E-state index in [4.69, 9.17) is 5.11 Å². The van der Waals surface area contributed by atoms with Crippen molar-refractivity contribution in [1.82, 2.24) is 10.3 Å². The number of carboxylic acid groups (broad SMARTS) is 1. The third-order valence-corrected chi connectivity index (χ3v) is 2.56. The predicted octanol–water partition coefficient (Wildman–Crippen LogP) is 1.04. The van der Waals surface area contributed by atoms with E-state index in [-0.39, 0.29) is 4.85 Å². The Balaban J connectivity index is 2.78. The number of aryl methyl sites for hydroxylation is 1. The third-order valence-electron chi connectivity index (χ3n) is 2.56. The van der Waals surface area contributed by atoms with Crippen LogP contribution in [-0.2, 0) is 6.42 Å². The van der Waals surface area contributed by atoms with Gasteiger partial charge in [0.2, 0.25) is 0 Å². The van der Waals surface area contributed by atoms with Crippen LogP contribution in [0.5, 0.6) is 0 Å². The molecule has 0 spiro atoms. The predicted molar refractivity (Wildman–Crippen MR) is 62.8 cm³/mol. The molecule has 6 nitrogen and oxygen atoms in total. The van der Waals surface area contributed by atoms with E-state index in [1.807, 2.05) is 13.0 Å². The molecule has 0 bridgehead atoms. The van der Waals surface area contributed by atoms with Crippen LogP contribution in [0.25, 0.3) is 11.1 Å². The molecule has 1 aromatic heterocycles. The largest absolute Gasteiger partial charge is 0.690 e. The van der Waals surface area contributed by atoms with Gasteiger partial charge in [-0.1, -0.05) is 37.3 Å². The van der Waals surface area contributed by atoms with Crippen LogP contribution in [0.4, 0.5) is 0 Å². The highest BCUT2D eigenvalue weighted by Crippen LogP contribution is 2.24. The smallest absolute Gasteiger partial charge is 0.379 e. The van der Waals surface area contributed by atoms with Gasteiger partial charge in [0.1, 0.15) is 5.21 Å². The van der Waals surface area contributed by atoms with E-state index in [1.165, 1.54) is 0 Å². The standard InChI is InChI=1S/C12H11N3O3/c1-2-9-10(8-6-4-3-5-7-8)11(12(16)17)15(18)14-13-9/h3-7H,2H2,1H3,(H,16,17). The van der Waals surface area contributed by atoms with Crippen molar-refractivity contribution in [1.29, 1.82) is 0 Å². The SMILES string of the molecule is CCc1nn[n+]([O-])c(C(=O)O)c1-c1ccccc1. The zero-order valence-electron chi connectivity index (χ0n) is 9.70. The average molecular weight is 245 g/mol. The first-order chi connectivity index (χ1) is 8.65. The number of carboxylic acids is 1. The first kappa shape index (κ1) is 12.0. The Labute approximate surface area is 103 Å². The fourth-order valence-electron chi connectivity index (χ4n) is 1.77. The van der Waals surface area contributed by atoms with Crippen LogP contribution in [0.1, 0.15) is 23.1 Å². The van der Waals surface area contributed by atoms with Crippen molar-refractivity contribution < 1.29 is 14.7 Å². The van der Waals surface area contributed by atoms with E-state index in [0.29, 0.717) is 23.2 Å². The van der Waals surface area contributed by atoms with E-state index in [0.717, 1.165) is 0 Å². The Morgan fingerprint density at radius 2 is 2.06 bits per heavy atom. The van der Waals surface area contributed by atoms with Crippen LogP contribution in [0.2, 0.25) is 0 Å². The maximum Gasteiger partial charge on any atom is 0.379 e. The minimum absolute atomic E-state index is 0.0455. The van der Waals surface area contributed by atoms with Crippen LogP contribution in [0, 0.1) is 5.21 Å². The monoisotopic (exact) mass is 245 g/mol. The molecule has 0 radical (unpaired) electrons. The first-order valence-electron chi connectivity index (χ1n) is 5.43. The number of aromatic carboxylic acids is 1. The molecule has 0 fully saturated rings. The second-order valence-corrected chi connectivity index (χ2v) is 3.66. The number of benzene rings is 1. The second kappa shape index (κ2) is 4.79. The fraction of sp³-hybridized carbons (Fsp3) is 0.167. The molecule has 0 aliphatic carbocycles. The zero-order valence-corrected chi connectivity index (χ0v) is 9.70. The number of hydrogen-bond acceptors (Lipinski definition) is 4. The van der Waals surface area contributed by atoms with E-state index < -0.39 is 11.7 Å². The van der Waals surface area contributed by atoms with Gasteiger partial charge in [-0.2, -0.15) is 0 Å². The van der Waals surface area contributed by atoms with Crippen LogP contribution in [0.3, 0.4) is 0 Å². The van der Waals surface area contributed by atoms with Gasteiger partial charge in [-0.3, -0.25) is 0 Å². The highest BCUT2D eigenvalue weighted by Gasteiger charge is 2.25. The zero-order chi connectivity index (χ0) is 13.1. The lowest BCUT2D eigenvalue weighted by Gasteiger charge is -2.09.